The summed E-state index contributed by atoms with van der Waals surface area (Å²) in [7, 11) is 0. The number of furan rings is 1. The number of hydrogen-bond donors (Lipinski definition) is 2. The summed E-state index contributed by atoms with van der Waals surface area (Å²) in [5, 5.41) is 6.14. The Labute approximate surface area is 79.6 Å². The van der Waals surface area contributed by atoms with E-state index in [9.17, 15) is 4.79 Å². The summed E-state index contributed by atoms with van der Waals surface area (Å²) in [6.07, 6.45) is 2.11. The fraction of sp³-hybridized carbons (Fsp3) is 0.111. The fourth-order valence-corrected chi connectivity index (χ4v) is 1.15. The van der Waals surface area contributed by atoms with E-state index in [1.165, 1.54) is 0 Å². The van der Waals surface area contributed by atoms with Crippen LogP contribution in [0.25, 0.3) is 0 Å². The average Bonchev–Trinajstić information content (AvgIpc) is 2.64. The Morgan fingerprint density at radius 2 is 2.43 bits per heavy atom. The molecule has 72 valence electrons. The lowest BCUT2D eigenvalue weighted by atomic mass is 10.2. The molecule has 0 aliphatic heterocycles. The Morgan fingerprint density at radius 3 is 3.07 bits per heavy atom. The highest BCUT2D eigenvalue weighted by atomic mass is 16.3. The number of nitrogens with one attached hydrogen (secondary N) is 1. The molecule has 0 radical (unpaired) electrons. The number of hydrogen-bond acceptors (Lipinski definition) is 4. The highest BCUT2D eigenvalue weighted by Gasteiger charge is 2.02. The first kappa shape index (κ1) is 8.55. The third-order valence-electron chi connectivity index (χ3n) is 1.82. The molecule has 2 aromatic rings. The van der Waals surface area contributed by atoms with Gasteiger partial charge in [-0.1, -0.05) is 0 Å². The van der Waals surface area contributed by atoms with Crippen LogP contribution < -0.4 is 11.3 Å². The van der Waals surface area contributed by atoms with Crippen LogP contribution in [0.2, 0.25) is 0 Å². The summed E-state index contributed by atoms with van der Waals surface area (Å²) in [6.45, 7) is 0. The number of anilines is 1. The van der Waals surface area contributed by atoms with Crippen LogP contribution in [0, 0.1) is 0 Å². The van der Waals surface area contributed by atoms with Gasteiger partial charge in [0.1, 0.15) is 11.4 Å². The van der Waals surface area contributed by atoms with Crippen LogP contribution in [0.15, 0.2) is 33.7 Å². The Morgan fingerprint density at radius 1 is 1.57 bits per heavy atom. The lowest BCUT2D eigenvalue weighted by Crippen LogP contribution is -2.14. The maximum absolute atomic E-state index is 10.9. The number of nitrogens with two attached hydrogens (primary N) is 1. The Kier molecular flexibility index (Phi) is 2.06. The van der Waals surface area contributed by atoms with Gasteiger partial charge >= 0.3 is 0 Å². The monoisotopic (exact) mass is 191 g/mol. The van der Waals surface area contributed by atoms with E-state index in [0.29, 0.717) is 12.1 Å². The van der Waals surface area contributed by atoms with Crippen LogP contribution in [-0.2, 0) is 6.42 Å². The van der Waals surface area contributed by atoms with Crippen LogP contribution in [0.1, 0.15) is 11.5 Å². The summed E-state index contributed by atoms with van der Waals surface area (Å²) >= 11 is 0. The molecule has 0 saturated carbocycles. The zero-order valence-electron chi connectivity index (χ0n) is 7.36. The van der Waals surface area contributed by atoms with Crippen LogP contribution in [0.4, 0.5) is 5.69 Å². The van der Waals surface area contributed by atoms with E-state index in [1.54, 1.807) is 18.4 Å². The van der Waals surface area contributed by atoms with Gasteiger partial charge in [0.15, 0.2) is 0 Å². The van der Waals surface area contributed by atoms with Crippen molar-refractivity contribution in [2.75, 3.05) is 5.73 Å². The zero-order valence-corrected chi connectivity index (χ0v) is 7.36. The van der Waals surface area contributed by atoms with Crippen molar-refractivity contribution >= 4 is 5.69 Å². The second-order valence-corrected chi connectivity index (χ2v) is 2.90. The second-order valence-electron chi connectivity index (χ2n) is 2.90. The third kappa shape index (κ3) is 1.66. The molecule has 14 heavy (non-hydrogen) atoms. The summed E-state index contributed by atoms with van der Waals surface area (Å²) in [6, 6.07) is 5.18. The number of aromatic nitrogens is 2. The second kappa shape index (κ2) is 3.37. The van der Waals surface area contributed by atoms with E-state index >= 15 is 0 Å². The Hall–Kier alpha value is -2.04. The minimum atomic E-state index is -0.367. The van der Waals surface area contributed by atoms with Crippen molar-refractivity contribution in [3.05, 3.63) is 46.3 Å². The van der Waals surface area contributed by atoms with Crippen molar-refractivity contribution in [1.29, 1.82) is 0 Å². The zero-order chi connectivity index (χ0) is 9.97. The average molecular weight is 191 g/mol. The molecule has 2 rings (SSSR count). The molecule has 2 heterocycles. The molecule has 0 aliphatic carbocycles. The van der Waals surface area contributed by atoms with Crippen molar-refractivity contribution in [2.24, 2.45) is 0 Å². The van der Waals surface area contributed by atoms with Crippen molar-refractivity contribution < 1.29 is 4.42 Å². The van der Waals surface area contributed by atoms with Crippen molar-refractivity contribution in [1.82, 2.24) is 10.2 Å². The fourth-order valence-electron chi connectivity index (χ4n) is 1.15. The first-order valence-corrected chi connectivity index (χ1v) is 4.12. The molecule has 3 N–H and O–H groups in total. The molecule has 0 unspecified atom stereocenters. The molecule has 0 aromatic carbocycles. The maximum atomic E-state index is 10.9. The van der Waals surface area contributed by atoms with Gasteiger partial charge in [-0.3, -0.25) is 4.79 Å². The summed E-state index contributed by atoms with van der Waals surface area (Å²) in [5.41, 5.74) is 5.91. The SMILES string of the molecule is Nc1cc(Cc2ccco2)n[nH]c1=O. The maximum Gasteiger partial charge on any atom is 0.287 e. The topological polar surface area (TPSA) is 84.9 Å². The largest absolute Gasteiger partial charge is 0.469 e. The van der Waals surface area contributed by atoms with Gasteiger partial charge in [0, 0.05) is 6.42 Å². The van der Waals surface area contributed by atoms with E-state index in [0.717, 1.165) is 5.76 Å². The van der Waals surface area contributed by atoms with Gasteiger partial charge in [0.05, 0.1) is 12.0 Å². The molecule has 0 fully saturated rings. The first-order chi connectivity index (χ1) is 6.75. The number of nitrogens with zero attached hydrogens (tertiary/aromatic N) is 1. The van der Waals surface area contributed by atoms with Crippen LogP contribution >= 0.6 is 0 Å². The van der Waals surface area contributed by atoms with Gasteiger partial charge < -0.3 is 10.2 Å². The highest BCUT2D eigenvalue weighted by Crippen LogP contribution is 2.07. The number of H-pyrrole nitrogens is 1. The van der Waals surface area contributed by atoms with Crippen LogP contribution in [0.3, 0.4) is 0 Å². The predicted molar refractivity (Wildman–Crippen MR) is 50.8 cm³/mol. The highest BCUT2D eigenvalue weighted by molar-refractivity contribution is 5.35. The van der Waals surface area contributed by atoms with Crippen LogP contribution in [-0.4, -0.2) is 10.2 Å². The molecular weight excluding hydrogens is 182 g/mol. The molecule has 0 spiro atoms. The summed E-state index contributed by atoms with van der Waals surface area (Å²) in [4.78, 5) is 10.9. The van der Waals surface area contributed by atoms with E-state index < -0.39 is 0 Å². The van der Waals surface area contributed by atoms with Crippen molar-refractivity contribution in [2.45, 2.75) is 6.42 Å². The molecular formula is C9H9N3O2. The Balaban J connectivity index is 2.26. The van der Waals surface area contributed by atoms with Crippen molar-refractivity contribution in [3.63, 3.8) is 0 Å². The minimum absolute atomic E-state index is 0.168. The van der Waals surface area contributed by atoms with Gasteiger partial charge in [-0.05, 0) is 18.2 Å². The lowest BCUT2D eigenvalue weighted by molar-refractivity contribution is 0.518. The standard InChI is InChI=1S/C9H9N3O2/c10-8-5-6(11-12-9(8)13)4-7-2-1-3-14-7/h1-3,5H,4H2,(H2,10,11)(H,12,13). The van der Waals surface area contributed by atoms with Gasteiger partial charge in [0.2, 0.25) is 0 Å². The van der Waals surface area contributed by atoms with Gasteiger partial charge in [0.25, 0.3) is 5.56 Å². The molecule has 0 bridgehead atoms. The molecule has 2 aromatic heterocycles. The predicted octanol–water partition coefficient (Wildman–Crippen LogP) is 0.536. The first-order valence-electron chi connectivity index (χ1n) is 4.12. The van der Waals surface area contributed by atoms with Crippen molar-refractivity contribution in [3.8, 4) is 0 Å². The Bertz CT molecular complexity index is 473. The molecule has 5 nitrogen and oxygen atoms in total. The molecule has 0 atom stereocenters. The lowest BCUT2D eigenvalue weighted by Gasteiger charge is -1.97. The van der Waals surface area contributed by atoms with Crippen LogP contribution in [0.5, 0.6) is 0 Å². The molecule has 0 saturated heterocycles. The molecule has 0 amide bonds. The van der Waals surface area contributed by atoms with E-state index in [1.807, 2.05) is 6.07 Å². The van der Waals surface area contributed by atoms with E-state index in [2.05, 4.69) is 10.2 Å². The van der Waals surface area contributed by atoms with E-state index in [-0.39, 0.29) is 11.2 Å². The van der Waals surface area contributed by atoms with Gasteiger partial charge in [-0.15, -0.1) is 0 Å². The smallest absolute Gasteiger partial charge is 0.287 e. The molecule has 0 aliphatic rings. The quantitative estimate of drug-likeness (QED) is 0.725. The van der Waals surface area contributed by atoms with Gasteiger partial charge in [-0.2, -0.15) is 5.10 Å². The third-order valence-corrected chi connectivity index (χ3v) is 1.82. The summed E-state index contributed by atoms with van der Waals surface area (Å²) in [5.74, 6) is 0.781. The van der Waals surface area contributed by atoms with E-state index in [4.69, 9.17) is 10.2 Å². The van der Waals surface area contributed by atoms with Gasteiger partial charge in [-0.25, -0.2) is 5.10 Å². The minimum Gasteiger partial charge on any atom is -0.469 e. The number of nitrogen functional groups attached to an aromatic ring is 1. The summed E-state index contributed by atoms with van der Waals surface area (Å²) < 4.78 is 5.13. The normalized spacial score (nSPS) is 10.3. The number of rotatable bonds is 2. The molecule has 5 heteroatoms. The number of aromatic amines is 1.